The van der Waals surface area contributed by atoms with E-state index in [1.807, 2.05) is 24.3 Å². The Morgan fingerprint density at radius 1 is 1.26 bits per heavy atom. The molecule has 142 valence electrons. The van der Waals surface area contributed by atoms with E-state index in [0.717, 1.165) is 24.4 Å². The maximum absolute atomic E-state index is 12.5. The maximum atomic E-state index is 12.5. The summed E-state index contributed by atoms with van der Waals surface area (Å²) >= 11 is 0. The maximum Gasteiger partial charge on any atom is 0.317 e. The normalized spacial score (nSPS) is 15.7. The summed E-state index contributed by atoms with van der Waals surface area (Å²) < 4.78 is 5.63. The topological polar surface area (TPSA) is 72.5 Å². The first-order valence-corrected chi connectivity index (χ1v) is 9.43. The van der Waals surface area contributed by atoms with E-state index in [0.29, 0.717) is 18.7 Å². The van der Waals surface area contributed by atoms with Gasteiger partial charge in [-0.15, -0.1) is 0 Å². The van der Waals surface area contributed by atoms with Crippen LogP contribution < -0.4 is 5.32 Å². The third-order valence-corrected chi connectivity index (χ3v) is 5.00. The first-order chi connectivity index (χ1) is 13.2. The number of carbonyl (C=O) groups excluding carboxylic acids is 1. The molecular formula is C21H26N4O2. The fourth-order valence-electron chi connectivity index (χ4n) is 3.47. The summed E-state index contributed by atoms with van der Waals surface area (Å²) in [6.45, 7) is 3.07. The number of nitrogens with one attached hydrogen (secondary N) is 1. The van der Waals surface area contributed by atoms with Crippen molar-refractivity contribution in [3.63, 3.8) is 0 Å². The smallest absolute Gasteiger partial charge is 0.317 e. The zero-order valence-electron chi connectivity index (χ0n) is 15.7. The number of furan rings is 1. The summed E-state index contributed by atoms with van der Waals surface area (Å²) in [6, 6.07) is 13.2. The van der Waals surface area contributed by atoms with Gasteiger partial charge in [0.25, 0.3) is 0 Å². The Morgan fingerprint density at radius 2 is 2.00 bits per heavy atom. The molecule has 6 heteroatoms. The third kappa shape index (κ3) is 5.11. The van der Waals surface area contributed by atoms with Crippen LogP contribution in [0.4, 0.5) is 4.79 Å². The Labute approximate surface area is 160 Å². The monoisotopic (exact) mass is 366 g/mol. The largest absolute Gasteiger partial charge is 0.468 e. The quantitative estimate of drug-likeness (QED) is 0.849. The van der Waals surface area contributed by atoms with Gasteiger partial charge in [-0.1, -0.05) is 18.6 Å². The first-order valence-electron chi connectivity index (χ1n) is 9.43. The molecule has 1 saturated heterocycles. The molecule has 1 fully saturated rings. The van der Waals surface area contributed by atoms with Gasteiger partial charge in [0, 0.05) is 20.1 Å². The van der Waals surface area contributed by atoms with Crippen molar-refractivity contribution in [3.05, 3.63) is 59.5 Å². The molecule has 6 nitrogen and oxygen atoms in total. The van der Waals surface area contributed by atoms with Gasteiger partial charge in [-0.25, -0.2) is 4.79 Å². The summed E-state index contributed by atoms with van der Waals surface area (Å²) in [5.74, 6) is 0.895. The molecule has 1 unspecified atom stereocenters. The highest BCUT2D eigenvalue weighted by Gasteiger charge is 2.25. The SMILES string of the molecule is CN(Cc1ccc(C#N)cc1)C(=O)NCC(c1ccco1)N1CCCCC1. The minimum Gasteiger partial charge on any atom is -0.468 e. The summed E-state index contributed by atoms with van der Waals surface area (Å²) in [5.41, 5.74) is 1.61. The highest BCUT2D eigenvalue weighted by molar-refractivity contribution is 5.73. The van der Waals surface area contributed by atoms with Gasteiger partial charge in [-0.3, -0.25) is 4.90 Å². The van der Waals surface area contributed by atoms with Crippen molar-refractivity contribution in [2.45, 2.75) is 31.8 Å². The lowest BCUT2D eigenvalue weighted by Gasteiger charge is -2.33. The van der Waals surface area contributed by atoms with E-state index < -0.39 is 0 Å². The zero-order valence-corrected chi connectivity index (χ0v) is 15.7. The summed E-state index contributed by atoms with van der Waals surface area (Å²) in [5, 5.41) is 11.9. The predicted octanol–water partition coefficient (Wildman–Crippen LogP) is 3.52. The highest BCUT2D eigenvalue weighted by atomic mass is 16.3. The molecule has 1 aromatic heterocycles. The molecule has 2 heterocycles. The number of carbonyl (C=O) groups is 1. The lowest BCUT2D eigenvalue weighted by molar-refractivity contribution is 0.140. The minimum absolute atomic E-state index is 0.0626. The van der Waals surface area contributed by atoms with Crippen molar-refractivity contribution < 1.29 is 9.21 Å². The Bertz CT molecular complexity index is 758. The van der Waals surface area contributed by atoms with Crippen molar-refractivity contribution in [3.8, 4) is 6.07 Å². The van der Waals surface area contributed by atoms with Crippen molar-refractivity contribution in [1.29, 1.82) is 5.26 Å². The van der Waals surface area contributed by atoms with Gasteiger partial charge < -0.3 is 14.6 Å². The number of amides is 2. The molecule has 2 amide bonds. The summed E-state index contributed by atoms with van der Waals surface area (Å²) in [7, 11) is 1.77. The summed E-state index contributed by atoms with van der Waals surface area (Å²) in [4.78, 5) is 16.6. The van der Waals surface area contributed by atoms with Crippen LogP contribution >= 0.6 is 0 Å². The van der Waals surface area contributed by atoms with Gasteiger partial charge >= 0.3 is 6.03 Å². The molecule has 2 aromatic rings. The number of hydrogen-bond donors (Lipinski definition) is 1. The Kier molecular flexibility index (Phi) is 6.50. The van der Waals surface area contributed by atoms with Gasteiger partial charge in [0.15, 0.2) is 0 Å². The summed E-state index contributed by atoms with van der Waals surface area (Å²) in [6.07, 6.45) is 5.32. The molecule has 1 aromatic carbocycles. The fraction of sp³-hybridized carbons (Fsp3) is 0.429. The average Bonchev–Trinajstić information content (AvgIpc) is 3.24. The zero-order chi connectivity index (χ0) is 19.1. The Balaban J connectivity index is 1.57. The van der Waals surface area contributed by atoms with Gasteiger partial charge in [0.2, 0.25) is 0 Å². The van der Waals surface area contributed by atoms with E-state index in [1.165, 1.54) is 19.3 Å². The predicted molar refractivity (Wildman–Crippen MR) is 103 cm³/mol. The molecule has 3 rings (SSSR count). The average molecular weight is 366 g/mol. The molecule has 0 aliphatic carbocycles. The number of piperidine rings is 1. The number of likely N-dealkylation sites (tertiary alicyclic amines) is 1. The molecule has 0 radical (unpaired) electrons. The second-order valence-corrected chi connectivity index (χ2v) is 6.98. The molecule has 0 spiro atoms. The fourth-order valence-corrected chi connectivity index (χ4v) is 3.47. The van der Waals surface area contributed by atoms with Gasteiger partial charge in [0.05, 0.1) is 23.9 Å². The van der Waals surface area contributed by atoms with E-state index in [4.69, 9.17) is 9.68 Å². The van der Waals surface area contributed by atoms with E-state index in [1.54, 1.807) is 30.3 Å². The van der Waals surface area contributed by atoms with Crippen LogP contribution in [0, 0.1) is 11.3 Å². The molecular weight excluding hydrogens is 340 g/mol. The molecule has 0 saturated carbocycles. The van der Waals surface area contributed by atoms with Crippen LogP contribution in [0.25, 0.3) is 0 Å². The third-order valence-electron chi connectivity index (χ3n) is 5.00. The van der Waals surface area contributed by atoms with Gasteiger partial charge in [0.1, 0.15) is 5.76 Å². The number of rotatable bonds is 6. The molecule has 27 heavy (non-hydrogen) atoms. The molecule has 1 aliphatic rings. The van der Waals surface area contributed by atoms with Gasteiger partial charge in [-0.2, -0.15) is 5.26 Å². The number of hydrogen-bond acceptors (Lipinski definition) is 4. The van der Waals surface area contributed by atoms with Crippen molar-refractivity contribution >= 4 is 6.03 Å². The van der Waals surface area contributed by atoms with Crippen LogP contribution in [-0.4, -0.2) is 42.5 Å². The van der Waals surface area contributed by atoms with E-state index in [2.05, 4.69) is 16.3 Å². The minimum atomic E-state index is -0.118. The number of nitriles is 1. The van der Waals surface area contributed by atoms with Crippen molar-refractivity contribution in [2.24, 2.45) is 0 Å². The van der Waals surface area contributed by atoms with E-state index >= 15 is 0 Å². The van der Waals surface area contributed by atoms with Crippen LogP contribution in [0.2, 0.25) is 0 Å². The number of nitrogens with zero attached hydrogens (tertiary/aromatic N) is 3. The molecule has 1 N–H and O–H groups in total. The van der Waals surface area contributed by atoms with E-state index in [-0.39, 0.29) is 12.1 Å². The first kappa shape index (κ1) is 19.0. The number of benzene rings is 1. The highest BCUT2D eigenvalue weighted by Crippen LogP contribution is 2.24. The molecule has 0 bridgehead atoms. The van der Waals surface area contributed by atoms with Crippen LogP contribution in [0.15, 0.2) is 47.1 Å². The van der Waals surface area contributed by atoms with Crippen LogP contribution in [0.1, 0.15) is 42.2 Å². The second-order valence-electron chi connectivity index (χ2n) is 6.98. The Hall–Kier alpha value is -2.78. The van der Waals surface area contributed by atoms with Crippen molar-refractivity contribution in [2.75, 3.05) is 26.7 Å². The van der Waals surface area contributed by atoms with Crippen LogP contribution in [0.3, 0.4) is 0 Å². The lowest BCUT2D eigenvalue weighted by atomic mass is 10.1. The Morgan fingerprint density at radius 3 is 2.63 bits per heavy atom. The molecule has 1 atom stereocenters. The molecule has 1 aliphatic heterocycles. The lowest BCUT2D eigenvalue weighted by Crippen LogP contribution is -2.44. The van der Waals surface area contributed by atoms with E-state index in [9.17, 15) is 4.79 Å². The standard InChI is InChI=1S/C21H26N4O2/c1-24(16-18-9-7-17(14-22)8-10-18)21(26)23-15-19(20-6-5-13-27-20)25-11-3-2-4-12-25/h5-10,13,19H,2-4,11-12,15-16H2,1H3,(H,23,26). The van der Waals surface area contributed by atoms with Crippen LogP contribution in [0.5, 0.6) is 0 Å². The van der Waals surface area contributed by atoms with Crippen molar-refractivity contribution in [1.82, 2.24) is 15.1 Å². The van der Waals surface area contributed by atoms with Gasteiger partial charge in [-0.05, 0) is 55.8 Å². The number of urea groups is 1. The second kappa shape index (κ2) is 9.24. The van der Waals surface area contributed by atoms with Crippen LogP contribution in [-0.2, 0) is 6.54 Å².